The first kappa shape index (κ1) is 20.5. The summed E-state index contributed by atoms with van der Waals surface area (Å²) in [6, 6.07) is 9.31. The van der Waals surface area contributed by atoms with Crippen LogP contribution in [-0.2, 0) is 20.8 Å². The van der Waals surface area contributed by atoms with E-state index < -0.39 is 29.8 Å². The lowest BCUT2D eigenvalue weighted by molar-refractivity contribution is -0.127. The zero-order chi connectivity index (χ0) is 21.0. The zero-order valence-corrected chi connectivity index (χ0v) is 15.7. The van der Waals surface area contributed by atoms with Crippen LogP contribution in [0.3, 0.4) is 0 Å². The molecule has 3 amide bonds. The number of carbonyl (C=O) groups is 3. The molecule has 0 radical (unpaired) electrons. The molecule has 0 saturated heterocycles. The molecule has 1 aliphatic rings. The average molecular weight is 399 g/mol. The first-order chi connectivity index (χ1) is 13.8. The number of aliphatic hydroxyl groups excluding tert-OH is 1. The number of amides is 3. The Balaban J connectivity index is 1.58. The SMILES string of the molecule is NC(=O)C(NC(=O)CCC(O)c1ccc2c(c1)CCC(=O)N2)c1ccc(F)cc1. The van der Waals surface area contributed by atoms with Crippen LogP contribution < -0.4 is 16.4 Å². The summed E-state index contributed by atoms with van der Waals surface area (Å²) >= 11 is 0. The molecule has 3 rings (SSSR count). The molecule has 2 aromatic rings. The summed E-state index contributed by atoms with van der Waals surface area (Å²) in [4.78, 5) is 35.3. The molecule has 0 saturated carbocycles. The van der Waals surface area contributed by atoms with Crippen LogP contribution in [0.5, 0.6) is 0 Å². The van der Waals surface area contributed by atoms with Gasteiger partial charge in [0.15, 0.2) is 0 Å². The van der Waals surface area contributed by atoms with Crippen LogP contribution in [-0.4, -0.2) is 22.8 Å². The maximum absolute atomic E-state index is 13.1. The lowest BCUT2D eigenvalue weighted by atomic mass is 9.96. The highest BCUT2D eigenvalue weighted by atomic mass is 19.1. The number of fused-ring (bicyclic) bond motifs is 1. The first-order valence-electron chi connectivity index (χ1n) is 9.28. The molecule has 0 spiro atoms. The molecule has 0 fully saturated rings. The number of rotatable bonds is 7. The van der Waals surface area contributed by atoms with Gasteiger partial charge < -0.3 is 21.5 Å². The second-order valence-electron chi connectivity index (χ2n) is 6.97. The van der Waals surface area contributed by atoms with Gasteiger partial charge in [-0.3, -0.25) is 14.4 Å². The van der Waals surface area contributed by atoms with E-state index in [1.54, 1.807) is 12.1 Å². The van der Waals surface area contributed by atoms with Crippen molar-refractivity contribution in [3.05, 3.63) is 65.0 Å². The minimum absolute atomic E-state index is 0.0278. The lowest BCUT2D eigenvalue weighted by Crippen LogP contribution is -2.37. The molecule has 2 aromatic carbocycles. The minimum Gasteiger partial charge on any atom is -0.388 e. The summed E-state index contributed by atoms with van der Waals surface area (Å²) in [7, 11) is 0. The molecular weight excluding hydrogens is 377 g/mol. The van der Waals surface area contributed by atoms with Gasteiger partial charge in [0.05, 0.1) is 6.10 Å². The van der Waals surface area contributed by atoms with Crippen molar-refractivity contribution in [2.24, 2.45) is 5.73 Å². The Hall–Kier alpha value is -3.26. The monoisotopic (exact) mass is 399 g/mol. The van der Waals surface area contributed by atoms with Crippen LogP contribution in [0, 0.1) is 5.82 Å². The zero-order valence-electron chi connectivity index (χ0n) is 15.7. The summed E-state index contributed by atoms with van der Waals surface area (Å²) in [6.45, 7) is 0. The van der Waals surface area contributed by atoms with Crippen molar-refractivity contribution in [3.63, 3.8) is 0 Å². The number of carbonyl (C=O) groups excluding carboxylic acids is 3. The normalized spacial score (nSPS) is 15.0. The van der Waals surface area contributed by atoms with Crippen LogP contribution in [0.4, 0.5) is 10.1 Å². The molecule has 1 heterocycles. The van der Waals surface area contributed by atoms with Crippen LogP contribution >= 0.6 is 0 Å². The van der Waals surface area contributed by atoms with Gasteiger partial charge in [-0.15, -0.1) is 0 Å². The smallest absolute Gasteiger partial charge is 0.244 e. The van der Waals surface area contributed by atoms with Gasteiger partial charge in [0, 0.05) is 18.5 Å². The van der Waals surface area contributed by atoms with Gasteiger partial charge in [-0.1, -0.05) is 24.3 Å². The van der Waals surface area contributed by atoms with E-state index in [4.69, 9.17) is 5.73 Å². The second kappa shape index (κ2) is 8.83. The summed E-state index contributed by atoms with van der Waals surface area (Å²) in [5.41, 5.74) is 8.06. The van der Waals surface area contributed by atoms with Crippen molar-refractivity contribution in [1.82, 2.24) is 5.32 Å². The summed E-state index contributed by atoms with van der Waals surface area (Å²) in [5, 5.41) is 15.7. The third kappa shape index (κ3) is 5.17. The third-order valence-corrected chi connectivity index (χ3v) is 4.85. The quantitative estimate of drug-likeness (QED) is 0.568. The highest BCUT2D eigenvalue weighted by Gasteiger charge is 2.22. The number of anilines is 1. The van der Waals surface area contributed by atoms with Gasteiger partial charge in [-0.05, 0) is 47.7 Å². The van der Waals surface area contributed by atoms with E-state index in [-0.39, 0.29) is 18.7 Å². The Bertz CT molecular complexity index is 930. The lowest BCUT2D eigenvalue weighted by Gasteiger charge is -2.20. The summed E-state index contributed by atoms with van der Waals surface area (Å²) in [6.07, 6.45) is 0.236. The van der Waals surface area contributed by atoms with E-state index in [2.05, 4.69) is 10.6 Å². The van der Waals surface area contributed by atoms with E-state index in [0.717, 1.165) is 11.3 Å². The topological polar surface area (TPSA) is 122 Å². The highest BCUT2D eigenvalue weighted by Crippen LogP contribution is 2.27. The fourth-order valence-corrected chi connectivity index (χ4v) is 3.25. The maximum atomic E-state index is 13.1. The fraction of sp³-hybridized carbons (Fsp3) is 0.286. The predicted octanol–water partition coefficient (Wildman–Crippen LogP) is 1.87. The molecule has 29 heavy (non-hydrogen) atoms. The highest BCUT2D eigenvalue weighted by molar-refractivity contribution is 5.94. The number of nitrogens with one attached hydrogen (secondary N) is 2. The molecule has 0 bridgehead atoms. The molecule has 0 aliphatic carbocycles. The van der Waals surface area contributed by atoms with Gasteiger partial charge in [0.1, 0.15) is 11.9 Å². The Morgan fingerprint density at radius 3 is 2.52 bits per heavy atom. The molecule has 8 heteroatoms. The predicted molar refractivity (Wildman–Crippen MR) is 104 cm³/mol. The number of benzene rings is 2. The Morgan fingerprint density at radius 2 is 1.83 bits per heavy atom. The number of hydrogen-bond acceptors (Lipinski definition) is 4. The van der Waals surface area contributed by atoms with E-state index in [1.807, 2.05) is 6.07 Å². The number of aliphatic hydroxyl groups is 1. The molecule has 2 atom stereocenters. The van der Waals surface area contributed by atoms with Crippen molar-refractivity contribution in [2.45, 2.75) is 37.8 Å². The average Bonchev–Trinajstić information content (AvgIpc) is 2.70. The summed E-state index contributed by atoms with van der Waals surface area (Å²) in [5.74, 6) is -1.71. The molecule has 2 unspecified atom stereocenters. The van der Waals surface area contributed by atoms with Gasteiger partial charge in [-0.25, -0.2) is 4.39 Å². The molecule has 152 valence electrons. The second-order valence-corrected chi connectivity index (χ2v) is 6.97. The van der Waals surface area contributed by atoms with Crippen molar-refractivity contribution < 1.29 is 23.9 Å². The number of halogens is 1. The largest absolute Gasteiger partial charge is 0.388 e. The number of nitrogens with two attached hydrogens (primary N) is 1. The summed E-state index contributed by atoms with van der Waals surface area (Å²) < 4.78 is 13.1. The van der Waals surface area contributed by atoms with Gasteiger partial charge in [0.25, 0.3) is 0 Å². The van der Waals surface area contributed by atoms with Crippen molar-refractivity contribution in [3.8, 4) is 0 Å². The van der Waals surface area contributed by atoms with Crippen LogP contribution in [0.25, 0.3) is 0 Å². The van der Waals surface area contributed by atoms with Crippen molar-refractivity contribution in [2.75, 3.05) is 5.32 Å². The third-order valence-electron chi connectivity index (χ3n) is 4.85. The van der Waals surface area contributed by atoms with Crippen molar-refractivity contribution >= 4 is 23.4 Å². The molecule has 5 N–H and O–H groups in total. The van der Waals surface area contributed by atoms with Crippen LogP contribution in [0.15, 0.2) is 42.5 Å². The Kier molecular flexibility index (Phi) is 6.23. The van der Waals surface area contributed by atoms with E-state index in [1.165, 1.54) is 24.3 Å². The first-order valence-corrected chi connectivity index (χ1v) is 9.28. The molecule has 7 nitrogen and oxygen atoms in total. The Morgan fingerprint density at radius 1 is 1.14 bits per heavy atom. The molecule has 0 aromatic heterocycles. The Labute approximate surface area is 167 Å². The molecule has 1 aliphatic heterocycles. The van der Waals surface area contributed by atoms with E-state index in [9.17, 15) is 23.9 Å². The van der Waals surface area contributed by atoms with E-state index >= 15 is 0 Å². The van der Waals surface area contributed by atoms with Gasteiger partial charge in [0.2, 0.25) is 17.7 Å². The molecular formula is C21H22FN3O4. The number of aryl methyl sites for hydroxylation is 1. The minimum atomic E-state index is -1.08. The maximum Gasteiger partial charge on any atom is 0.244 e. The fourth-order valence-electron chi connectivity index (χ4n) is 3.25. The van der Waals surface area contributed by atoms with Crippen LogP contribution in [0.1, 0.15) is 48.1 Å². The van der Waals surface area contributed by atoms with Gasteiger partial charge in [-0.2, -0.15) is 0 Å². The standard InChI is InChI=1S/C21H22FN3O4/c22-15-5-1-12(2-6-15)20(21(23)29)25-19(28)10-8-17(26)14-3-7-16-13(11-14)4-9-18(27)24-16/h1-3,5-7,11,17,20,26H,4,8-10H2,(H2,23,29)(H,24,27)(H,25,28). The van der Waals surface area contributed by atoms with Gasteiger partial charge >= 0.3 is 0 Å². The van der Waals surface area contributed by atoms with Crippen molar-refractivity contribution in [1.29, 1.82) is 0 Å². The van der Waals surface area contributed by atoms with E-state index in [0.29, 0.717) is 24.0 Å². The van der Waals surface area contributed by atoms with Crippen LogP contribution in [0.2, 0.25) is 0 Å². The number of hydrogen-bond donors (Lipinski definition) is 4. The number of primary amides is 1.